The van der Waals surface area contributed by atoms with Crippen molar-refractivity contribution in [2.75, 3.05) is 6.54 Å². The zero-order valence-corrected chi connectivity index (χ0v) is 15.6. The summed E-state index contributed by atoms with van der Waals surface area (Å²) in [6, 6.07) is 6.59. The van der Waals surface area contributed by atoms with Gasteiger partial charge in [-0.05, 0) is 43.4 Å². The Morgan fingerprint density at radius 1 is 1.12 bits per heavy atom. The van der Waals surface area contributed by atoms with E-state index in [0.717, 1.165) is 12.0 Å². The van der Waals surface area contributed by atoms with Gasteiger partial charge in [0.1, 0.15) is 0 Å². The van der Waals surface area contributed by atoms with Gasteiger partial charge in [-0.3, -0.25) is 14.5 Å². The summed E-state index contributed by atoms with van der Waals surface area (Å²) in [4.78, 5) is 36.8. The fourth-order valence-electron chi connectivity index (χ4n) is 3.31. The molecule has 4 amide bonds. The molecular weight excluding hydrogens is 318 g/mol. The maximum Gasteiger partial charge on any atom is 0.324 e. The van der Waals surface area contributed by atoms with Crippen molar-refractivity contribution in [1.29, 1.82) is 0 Å². The highest BCUT2D eigenvalue weighted by molar-refractivity contribution is 6.01. The maximum absolute atomic E-state index is 12.5. The highest BCUT2D eigenvalue weighted by Gasteiger charge is 2.29. The van der Waals surface area contributed by atoms with Gasteiger partial charge in [-0.1, -0.05) is 32.9 Å². The highest BCUT2D eigenvalue weighted by Crippen LogP contribution is 2.27. The minimum absolute atomic E-state index is 0.0438. The summed E-state index contributed by atoms with van der Waals surface area (Å²) in [6.07, 6.45) is 0.857. The second-order valence-corrected chi connectivity index (χ2v) is 8.41. The second-order valence-electron chi connectivity index (χ2n) is 8.41. The Morgan fingerprint density at radius 2 is 1.72 bits per heavy atom. The second kappa shape index (κ2) is 6.86. The lowest BCUT2D eigenvalue weighted by atomic mass is 9.81. The lowest BCUT2D eigenvalue weighted by Crippen LogP contribution is -2.45. The molecule has 0 saturated carbocycles. The predicted molar refractivity (Wildman–Crippen MR) is 96.0 cm³/mol. The molecule has 1 heterocycles. The Morgan fingerprint density at radius 3 is 2.20 bits per heavy atom. The number of hydrogen-bond acceptors (Lipinski definition) is 3. The molecule has 0 unspecified atom stereocenters. The van der Waals surface area contributed by atoms with Crippen molar-refractivity contribution >= 4 is 17.8 Å². The molecule has 2 rings (SSSR count). The van der Waals surface area contributed by atoms with E-state index in [9.17, 15) is 14.4 Å². The summed E-state index contributed by atoms with van der Waals surface area (Å²) in [5, 5.41) is 5.56. The predicted octanol–water partition coefficient (Wildman–Crippen LogP) is 2.68. The van der Waals surface area contributed by atoms with Gasteiger partial charge in [0.2, 0.25) is 5.91 Å². The van der Waals surface area contributed by atoms with Crippen LogP contribution in [-0.2, 0) is 11.3 Å². The zero-order chi connectivity index (χ0) is 18.8. The molecule has 6 nitrogen and oxygen atoms in total. The average Bonchev–Trinajstić information content (AvgIpc) is 2.76. The number of amides is 4. The fourth-order valence-corrected chi connectivity index (χ4v) is 3.31. The molecular formula is C19H27N3O3. The Bertz CT molecular complexity index is 656. The minimum atomic E-state index is -0.379. The summed E-state index contributed by atoms with van der Waals surface area (Å²) < 4.78 is 0. The molecule has 1 aliphatic rings. The topological polar surface area (TPSA) is 78.5 Å². The Kier molecular flexibility index (Phi) is 5.20. The van der Waals surface area contributed by atoms with Crippen LogP contribution in [0, 0.1) is 5.41 Å². The Labute approximate surface area is 149 Å². The largest absolute Gasteiger partial charge is 0.347 e. The Hall–Kier alpha value is -2.37. The van der Waals surface area contributed by atoms with E-state index in [1.807, 2.05) is 13.8 Å². The molecule has 1 aromatic carbocycles. The molecule has 0 spiro atoms. The van der Waals surface area contributed by atoms with Gasteiger partial charge in [-0.25, -0.2) is 4.79 Å². The van der Waals surface area contributed by atoms with Crippen LogP contribution in [0.5, 0.6) is 0 Å². The van der Waals surface area contributed by atoms with E-state index in [0.29, 0.717) is 5.56 Å². The molecule has 0 radical (unpaired) electrons. The number of carbonyl (C=O) groups is 3. The third-order valence-corrected chi connectivity index (χ3v) is 3.92. The van der Waals surface area contributed by atoms with Gasteiger partial charge < -0.3 is 10.6 Å². The van der Waals surface area contributed by atoms with Gasteiger partial charge in [0, 0.05) is 11.1 Å². The number of urea groups is 1. The van der Waals surface area contributed by atoms with Crippen LogP contribution in [0.15, 0.2) is 24.3 Å². The molecule has 0 bridgehead atoms. The fraction of sp³-hybridized carbons (Fsp3) is 0.526. The Balaban J connectivity index is 2.00. The highest BCUT2D eigenvalue weighted by atomic mass is 16.2. The van der Waals surface area contributed by atoms with Crippen molar-refractivity contribution in [2.45, 2.75) is 53.1 Å². The lowest BCUT2D eigenvalue weighted by Gasteiger charge is -2.33. The van der Waals surface area contributed by atoms with Crippen molar-refractivity contribution in [1.82, 2.24) is 15.5 Å². The zero-order valence-electron chi connectivity index (χ0n) is 15.6. The molecule has 1 saturated heterocycles. The van der Waals surface area contributed by atoms with Crippen LogP contribution in [-0.4, -0.2) is 34.8 Å². The van der Waals surface area contributed by atoms with Gasteiger partial charge in [0.25, 0.3) is 5.91 Å². The molecule has 0 atom stereocenters. The van der Waals surface area contributed by atoms with E-state index in [1.54, 1.807) is 24.3 Å². The molecule has 136 valence electrons. The standard InChI is InChI=1S/C19H27N3O3/c1-18(2,3)12-19(4,5)21-16(24)14-8-6-13(7-9-14)11-22-15(23)10-20-17(22)25/h6-9H,10-12H2,1-5H3,(H,20,25)(H,21,24). The van der Waals surface area contributed by atoms with Crippen LogP contribution in [0.1, 0.15) is 57.0 Å². The van der Waals surface area contributed by atoms with E-state index >= 15 is 0 Å². The summed E-state index contributed by atoms with van der Waals surface area (Å²) >= 11 is 0. The monoisotopic (exact) mass is 345 g/mol. The van der Waals surface area contributed by atoms with Crippen LogP contribution < -0.4 is 10.6 Å². The number of imide groups is 1. The van der Waals surface area contributed by atoms with Crippen LogP contribution in [0.25, 0.3) is 0 Å². The number of carbonyl (C=O) groups excluding carboxylic acids is 3. The van der Waals surface area contributed by atoms with Crippen LogP contribution >= 0.6 is 0 Å². The summed E-state index contributed by atoms with van der Waals surface area (Å²) in [6.45, 7) is 10.7. The number of benzene rings is 1. The van der Waals surface area contributed by atoms with Gasteiger partial charge in [-0.15, -0.1) is 0 Å². The first kappa shape index (κ1) is 19.0. The van der Waals surface area contributed by atoms with Gasteiger partial charge in [-0.2, -0.15) is 0 Å². The summed E-state index contributed by atoms with van der Waals surface area (Å²) in [5.41, 5.74) is 1.16. The summed E-state index contributed by atoms with van der Waals surface area (Å²) in [5.74, 6) is -0.369. The van der Waals surface area contributed by atoms with E-state index in [2.05, 4.69) is 31.4 Å². The molecule has 25 heavy (non-hydrogen) atoms. The van der Waals surface area contributed by atoms with Crippen molar-refractivity contribution in [3.05, 3.63) is 35.4 Å². The van der Waals surface area contributed by atoms with Crippen LogP contribution in [0.2, 0.25) is 0 Å². The number of rotatable bonds is 5. The van der Waals surface area contributed by atoms with Crippen molar-refractivity contribution < 1.29 is 14.4 Å². The number of hydrogen-bond donors (Lipinski definition) is 2. The molecule has 1 aromatic rings. The lowest BCUT2D eigenvalue weighted by molar-refractivity contribution is -0.125. The molecule has 0 aromatic heterocycles. The van der Waals surface area contributed by atoms with Gasteiger partial charge in [0.05, 0.1) is 13.1 Å². The van der Waals surface area contributed by atoms with Crippen LogP contribution in [0.3, 0.4) is 0 Å². The number of nitrogens with one attached hydrogen (secondary N) is 2. The third kappa shape index (κ3) is 5.31. The molecule has 1 fully saturated rings. The maximum atomic E-state index is 12.5. The van der Waals surface area contributed by atoms with E-state index < -0.39 is 0 Å². The molecule has 1 aliphatic heterocycles. The third-order valence-electron chi connectivity index (χ3n) is 3.92. The average molecular weight is 345 g/mol. The van der Waals surface area contributed by atoms with Crippen molar-refractivity contribution in [2.24, 2.45) is 5.41 Å². The van der Waals surface area contributed by atoms with Crippen LogP contribution in [0.4, 0.5) is 4.79 Å². The summed E-state index contributed by atoms with van der Waals surface area (Å²) in [7, 11) is 0. The molecule has 2 N–H and O–H groups in total. The normalized spacial score (nSPS) is 15.3. The first-order valence-corrected chi connectivity index (χ1v) is 8.46. The minimum Gasteiger partial charge on any atom is -0.347 e. The van der Waals surface area contributed by atoms with Crippen molar-refractivity contribution in [3.63, 3.8) is 0 Å². The SMILES string of the molecule is CC(C)(C)CC(C)(C)NC(=O)c1ccc(CN2C(=O)CNC2=O)cc1. The van der Waals surface area contributed by atoms with Gasteiger partial charge >= 0.3 is 6.03 Å². The van der Waals surface area contributed by atoms with E-state index in [4.69, 9.17) is 0 Å². The van der Waals surface area contributed by atoms with Gasteiger partial charge in [0.15, 0.2) is 0 Å². The first-order valence-electron chi connectivity index (χ1n) is 8.46. The smallest absolute Gasteiger partial charge is 0.324 e. The number of nitrogens with zero attached hydrogens (tertiary/aromatic N) is 1. The molecule has 0 aliphatic carbocycles. The van der Waals surface area contributed by atoms with Crippen molar-refractivity contribution in [3.8, 4) is 0 Å². The van der Waals surface area contributed by atoms with E-state index in [-0.39, 0.29) is 41.9 Å². The molecule has 6 heteroatoms. The first-order chi connectivity index (χ1) is 11.5. The van der Waals surface area contributed by atoms with E-state index in [1.165, 1.54) is 4.90 Å². The quantitative estimate of drug-likeness (QED) is 0.805.